The lowest BCUT2D eigenvalue weighted by molar-refractivity contribution is -0.145. The van der Waals surface area contributed by atoms with E-state index in [4.69, 9.17) is 9.47 Å². The normalized spacial score (nSPS) is 18.1. The zero-order valence-electron chi connectivity index (χ0n) is 12.9. The van der Waals surface area contributed by atoms with Crippen molar-refractivity contribution in [2.75, 3.05) is 33.9 Å². The quantitative estimate of drug-likeness (QED) is 0.766. The van der Waals surface area contributed by atoms with Gasteiger partial charge in [0.15, 0.2) is 0 Å². The molecule has 0 aromatic heterocycles. The van der Waals surface area contributed by atoms with Gasteiger partial charge in [-0.15, -0.1) is 0 Å². The number of hydrogen-bond donors (Lipinski definition) is 0. The summed E-state index contributed by atoms with van der Waals surface area (Å²) in [6.07, 6.45) is -0.167. The SMILES string of the molecule is COCc1ccccc1C(=O)N1CCOC(CC(=O)OC)C1. The first-order chi connectivity index (χ1) is 10.7. The summed E-state index contributed by atoms with van der Waals surface area (Å²) >= 11 is 0. The minimum Gasteiger partial charge on any atom is -0.469 e. The van der Waals surface area contributed by atoms with E-state index < -0.39 is 0 Å². The standard InChI is InChI=1S/C16H21NO5/c1-20-11-12-5-3-4-6-14(12)16(19)17-7-8-22-13(10-17)9-15(18)21-2/h3-6,13H,7-11H2,1-2H3. The van der Waals surface area contributed by atoms with Crippen LogP contribution in [0.25, 0.3) is 0 Å². The van der Waals surface area contributed by atoms with Crippen LogP contribution in [0.5, 0.6) is 0 Å². The molecule has 0 spiro atoms. The molecule has 0 N–H and O–H groups in total. The minimum atomic E-state index is -0.334. The Balaban J connectivity index is 2.07. The van der Waals surface area contributed by atoms with Crippen LogP contribution in [0.15, 0.2) is 24.3 Å². The third-order valence-electron chi connectivity index (χ3n) is 3.60. The molecule has 1 unspecified atom stereocenters. The van der Waals surface area contributed by atoms with Gasteiger partial charge in [-0.1, -0.05) is 18.2 Å². The number of nitrogens with zero attached hydrogens (tertiary/aromatic N) is 1. The molecule has 1 saturated heterocycles. The molecule has 6 nitrogen and oxygen atoms in total. The summed E-state index contributed by atoms with van der Waals surface area (Å²) < 4.78 is 15.3. The molecular weight excluding hydrogens is 286 g/mol. The molecule has 1 aliphatic rings. The van der Waals surface area contributed by atoms with E-state index in [1.807, 2.05) is 18.2 Å². The molecule has 2 rings (SSSR count). The molecule has 1 fully saturated rings. The number of carbonyl (C=O) groups excluding carboxylic acids is 2. The number of benzene rings is 1. The van der Waals surface area contributed by atoms with Crippen molar-refractivity contribution in [3.05, 3.63) is 35.4 Å². The van der Waals surface area contributed by atoms with Crippen molar-refractivity contribution in [1.82, 2.24) is 4.90 Å². The lowest BCUT2D eigenvalue weighted by Gasteiger charge is -2.33. The van der Waals surface area contributed by atoms with E-state index in [-0.39, 0.29) is 24.4 Å². The summed E-state index contributed by atoms with van der Waals surface area (Å²) in [6, 6.07) is 7.38. The van der Waals surface area contributed by atoms with Crippen LogP contribution in [0, 0.1) is 0 Å². The summed E-state index contributed by atoms with van der Waals surface area (Å²) in [6.45, 7) is 1.70. The monoisotopic (exact) mass is 307 g/mol. The average molecular weight is 307 g/mol. The van der Waals surface area contributed by atoms with Gasteiger partial charge in [-0.05, 0) is 11.6 Å². The van der Waals surface area contributed by atoms with Crippen molar-refractivity contribution in [1.29, 1.82) is 0 Å². The lowest BCUT2D eigenvalue weighted by atomic mass is 10.1. The van der Waals surface area contributed by atoms with Crippen LogP contribution in [0.1, 0.15) is 22.3 Å². The van der Waals surface area contributed by atoms with E-state index in [0.717, 1.165) is 5.56 Å². The Kier molecular flexibility index (Phi) is 5.91. The molecule has 1 heterocycles. The van der Waals surface area contributed by atoms with E-state index in [1.165, 1.54) is 7.11 Å². The van der Waals surface area contributed by atoms with Crippen LogP contribution >= 0.6 is 0 Å². The number of rotatable bonds is 5. The molecule has 0 aliphatic carbocycles. The highest BCUT2D eigenvalue weighted by atomic mass is 16.5. The average Bonchev–Trinajstić information content (AvgIpc) is 2.55. The fourth-order valence-electron chi connectivity index (χ4n) is 2.48. The molecule has 1 amide bonds. The van der Waals surface area contributed by atoms with Gasteiger partial charge in [0.1, 0.15) is 0 Å². The van der Waals surface area contributed by atoms with Crippen molar-refractivity contribution in [2.45, 2.75) is 19.1 Å². The summed E-state index contributed by atoms with van der Waals surface area (Å²) in [5, 5.41) is 0. The molecule has 0 saturated carbocycles. The second kappa shape index (κ2) is 7.91. The molecular formula is C16H21NO5. The maximum absolute atomic E-state index is 12.7. The first kappa shape index (κ1) is 16.5. The number of morpholine rings is 1. The predicted octanol–water partition coefficient (Wildman–Crippen LogP) is 1.24. The van der Waals surface area contributed by atoms with E-state index >= 15 is 0 Å². The second-order valence-corrected chi connectivity index (χ2v) is 5.11. The van der Waals surface area contributed by atoms with Gasteiger partial charge in [0.25, 0.3) is 5.91 Å². The van der Waals surface area contributed by atoms with Gasteiger partial charge in [0.05, 0.1) is 32.8 Å². The van der Waals surface area contributed by atoms with E-state index in [9.17, 15) is 9.59 Å². The highest BCUT2D eigenvalue weighted by Gasteiger charge is 2.27. The van der Waals surface area contributed by atoms with E-state index in [0.29, 0.717) is 31.9 Å². The Bertz CT molecular complexity index is 531. The van der Waals surface area contributed by atoms with Gasteiger partial charge in [0, 0.05) is 25.8 Å². The molecule has 1 aliphatic heterocycles. The lowest BCUT2D eigenvalue weighted by Crippen LogP contribution is -2.46. The molecule has 120 valence electrons. The second-order valence-electron chi connectivity index (χ2n) is 5.11. The zero-order valence-corrected chi connectivity index (χ0v) is 12.9. The highest BCUT2D eigenvalue weighted by Crippen LogP contribution is 2.16. The van der Waals surface area contributed by atoms with Crippen LogP contribution < -0.4 is 0 Å². The fraction of sp³-hybridized carbons (Fsp3) is 0.500. The Labute approximate surface area is 129 Å². The first-order valence-electron chi connectivity index (χ1n) is 7.20. The summed E-state index contributed by atoms with van der Waals surface area (Å²) in [5.41, 5.74) is 1.48. The van der Waals surface area contributed by atoms with Crippen molar-refractivity contribution in [2.24, 2.45) is 0 Å². The molecule has 22 heavy (non-hydrogen) atoms. The third-order valence-corrected chi connectivity index (χ3v) is 3.60. The van der Waals surface area contributed by atoms with Crippen LogP contribution in [0.2, 0.25) is 0 Å². The summed E-state index contributed by atoms with van der Waals surface area (Å²) in [4.78, 5) is 25.8. The number of esters is 1. The van der Waals surface area contributed by atoms with E-state index in [2.05, 4.69) is 4.74 Å². The van der Waals surface area contributed by atoms with Crippen molar-refractivity contribution < 1.29 is 23.8 Å². The Morgan fingerprint density at radius 1 is 1.32 bits per heavy atom. The smallest absolute Gasteiger partial charge is 0.308 e. The number of amides is 1. The molecule has 6 heteroatoms. The predicted molar refractivity (Wildman–Crippen MR) is 79.4 cm³/mol. The van der Waals surface area contributed by atoms with Crippen LogP contribution in [0.3, 0.4) is 0 Å². The highest BCUT2D eigenvalue weighted by molar-refractivity contribution is 5.95. The number of ether oxygens (including phenoxy) is 3. The zero-order chi connectivity index (χ0) is 15.9. The summed E-state index contributed by atoms with van der Waals surface area (Å²) in [7, 11) is 2.94. The molecule has 0 bridgehead atoms. The van der Waals surface area contributed by atoms with Gasteiger partial charge in [-0.2, -0.15) is 0 Å². The van der Waals surface area contributed by atoms with Crippen LogP contribution in [0.4, 0.5) is 0 Å². The maximum Gasteiger partial charge on any atom is 0.308 e. The number of hydrogen-bond acceptors (Lipinski definition) is 5. The molecule has 0 radical (unpaired) electrons. The number of carbonyl (C=O) groups is 2. The first-order valence-corrected chi connectivity index (χ1v) is 7.20. The largest absolute Gasteiger partial charge is 0.469 e. The Morgan fingerprint density at radius 2 is 2.09 bits per heavy atom. The van der Waals surface area contributed by atoms with Crippen molar-refractivity contribution in [3.8, 4) is 0 Å². The maximum atomic E-state index is 12.7. The molecule has 1 atom stereocenters. The van der Waals surface area contributed by atoms with Gasteiger partial charge in [0.2, 0.25) is 0 Å². The molecule has 1 aromatic carbocycles. The van der Waals surface area contributed by atoms with Gasteiger partial charge >= 0.3 is 5.97 Å². The third kappa shape index (κ3) is 4.05. The minimum absolute atomic E-state index is 0.0641. The van der Waals surface area contributed by atoms with Gasteiger partial charge < -0.3 is 19.1 Å². The van der Waals surface area contributed by atoms with Crippen molar-refractivity contribution >= 4 is 11.9 Å². The Morgan fingerprint density at radius 3 is 2.82 bits per heavy atom. The molecule has 1 aromatic rings. The van der Waals surface area contributed by atoms with Gasteiger partial charge in [-0.25, -0.2) is 0 Å². The Hall–Kier alpha value is -1.92. The van der Waals surface area contributed by atoms with Crippen molar-refractivity contribution in [3.63, 3.8) is 0 Å². The van der Waals surface area contributed by atoms with Crippen LogP contribution in [-0.2, 0) is 25.6 Å². The van der Waals surface area contributed by atoms with Gasteiger partial charge in [-0.3, -0.25) is 9.59 Å². The van der Waals surface area contributed by atoms with E-state index in [1.54, 1.807) is 18.1 Å². The summed E-state index contributed by atoms with van der Waals surface area (Å²) in [5.74, 6) is -0.398. The fourth-order valence-corrected chi connectivity index (χ4v) is 2.48. The number of methoxy groups -OCH3 is 2. The van der Waals surface area contributed by atoms with Crippen LogP contribution in [-0.4, -0.2) is 56.8 Å². The topological polar surface area (TPSA) is 65.1 Å².